The highest BCUT2D eigenvalue weighted by atomic mass is 16.6. The molecule has 1 fully saturated rings. The second kappa shape index (κ2) is 7.21. The molecule has 0 saturated carbocycles. The summed E-state index contributed by atoms with van der Waals surface area (Å²) in [5.41, 5.74) is 1.48. The van der Waals surface area contributed by atoms with E-state index in [0.29, 0.717) is 11.3 Å². The van der Waals surface area contributed by atoms with E-state index in [1.807, 2.05) is 6.07 Å². The van der Waals surface area contributed by atoms with Crippen molar-refractivity contribution >= 4 is 11.4 Å². The molecule has 110 valence electrons. The number of nitrogens with one attached hydrogen (secondary N) is 1. The van der Waals surface area contributed by atoms with Crippen molar-refractivity contribution in [3.63, 3.8) is 0 Å². The molecule has 1 aliphatic rings. The molecule has 1 heterocycles. The van der Waals surface area contributed by atoms with E-state index < -0.39 is 0 Å². The summed E-state index contributed by atoms with van der Waals surface area (Å²) in [6.45, 7) is 7.05. The highest BCUT2D eigenvalue weighted by molar-refractivity contribution is 5.64. The number of morpholine rings is 1. The molecule has 0 aromatic heterocycles. The Balaban J connectivity index is 1.82. The van der Waals surface area contributed by atoms with Gasteiger partial charge in [-0.2, -0.15) is 0 Å². The first-order chi connectivity index (χ1) is 9.68. The van der Waals surface area contributed by atoms with Gasteiger partial charge in [0, 0.05) is 25.2 Å². The molecule has 0 atom stereocenters. The van der Waals surface area contributed by atoms with Crippen LogP contribution in [0.4, 0.5) is 11.4 Å². The van der Waals surface area contributed by atoms with Crippen LogP contribution in [0.3, 0.4) is 0 Å². The van der Waals surface area contributed by atoms with Crippen molar-refractivity contribution in [1.29, 1.82) is 0 Å². The fourth-order valence-electron chi connectivity index (χ4n) is 2.39. The highest BCUT2D eigenvalue weighted by Crippen LogP contribution is 2.27. The van der Waals surface area contributed by atoms with Crippen LogP contribution in [0.15, 0.2) is 18.2 Å². The Hall–Kier alpha value is -1.66. The van der Waals surface area contributed by atoms with Crippen LogP contribution in [-0.2, 0) is 4.74 Å². The third-order valence-electron chi connectivity index (χ3n) is 3.49. The van der Waals surface area contributed by atoms with Crippen LogP contribution in [0.1, 0.15) is 12.0 Å². The van der Waals surface area contributed by atoms with Gasteiger partial charge in [-0.05, 0) is 26.0 Å². The summed E-state index contributed by atoms with van der Waals surface area (Å²) in [6.07, 6.45) is 0.963. The number of aryl methyl sites for hydroxylation is 1. The minimum atomic E-state index is -0.320. The molecule has 0 amide bonds. The van der Waals surface area contributed by atoms with Crippen LogP contribution in [0.2, 0.25) is 0 Å². The molecule has 1 aliphatic heterocycles. The van der Waals surface area contributed by atoms with E-state index in [1.165, 1.54) is 0 Å². The average molecular weight is 279 g/mol. The van der Waals surface area contributed by atoms with E-state index in [0.717, 1.165) is 45.8 Å². The molecule has 0 unspecified atom stereocenters. The lowest BCUT2D eigenvalue weighted by molar-refractivity contribution is -0.384. The standard InChI is InChI=1S/C14H21N3O3/c1-12-4-2-5-13(14(12)17(18)19)15-6-3-7-16-8-10-20-11-9-16/h2,4-5,15H,3,6-11H2,1H3. The molecular weight excluding hydrogens is 258 g/mol. The number of rotatable bonds is 6. The van der Waals surface area contributed by atoms with Crippen molar-refractivity contribution < 1.29 is 9.66 Å². The van der Waals surface area contributed by atoms with Gasteiger partial charge in [0.2, 0.25) is 0 Å². The first-order valence-corrected chi connectivity index (χ1v) is 6.96. The van der Waals surface area contributed by atoms with Gasteiger partial charge in [-0.1, -0.05) is 12.1 Å². The van der Waals surface area contributed by atoms with Crippen molar-refractivity contribution in [1.82, 2.24) is 4.90 Å². The van der Waals surface area contributed by atoms with Crippen LogP contribution < -0.4 is 5.32 Å². The van der Waals surface area contributed by atoms with E-state index in [1.54, 1.807) is 19.1 Å². The van der Waals surface area contributed by atoms with Gasteiger partial charge in [0.1, 0.15) is 5.69 Å². The number of nitrogens with zero attached hydrogens (tertiary/aromatic N) is 2. The molecule has 6 nitrogen and oxygen atoms in total. The van der Waals surface area contributed by atoms with Crippen molar-refractivity contribution in [2.75, 3.05) is 44.7 Å². The van der Waals surface area contributed by atoms with Crippen LogP contribution in [0.5, 0.6) is 0 Å². The Morgan fingerprint density at radius 2 is 2.15 bits per heavy atom. The normalized spacial score (nSPS) is 16.1. The molecule has 0 spiro atoms. The molecule has 1 aromatic carbocycles. The van der Waals surface area contributed by atoms with Crippen molar-refractivity contribution in [3.05, 3.63) is 33.9 Å². The summed E-state index contributed by atoms with van der Waals surface area (Å²) in [5.74, 6) is 0. The summed E-state index contributed by atoms with van der Waals surface area (Å²) in [7, 11) is 0. The third-order valence-corrected chi connectivity index (χ3v) is 3.49. The van der Waals surface area contributed by atoms with E-state index in [4.69, 9.17) is 4.74 Å². The molecule has 6 heteroatoms. The molecule has 0 aliphatic carbocycles. The predicted octanol–water partition coefficient (Wildman–Crippen LogP) is 2.04. The zero-order valence-corrected chi connectivity index (χ0v) is 11.8. The molecule has 0 radical (unpaired) electrons. The zero-order valence-electron chi connectivity index (χ0n) is 11.8. The Labute approximate surface area is 118 Å². The lowest BCUT2D eigenvalue weighted by Gasteiger charge is -2.26. The quantitative estimate of drug-likeness (QED) is 0.490. The molecule has 20 heavy (non-hydrogen) atoms. The van der Waals surface area contributed by atoms with Crippen molar-refractivity contribution in [2.24, 2.45) is 0 Å². The Bertz CT molecular complexity index is 459. The van der Waals surface area contributed by atoms with Gasteiger partial charge in [-0.15, -0.1) is 0 Å². The second-order valence-electron chi connectivity index (χ2n) is 4.96. The summed E-state index contributed by atoms with van der Waals surface area (Å²) in [6, 6.07) is 5.36. The van der Waals surface area contributed by atoms with Gasteiger partial charge in [-0.25, -0.2) is 0 Å². The first-order valence-electron chi connectivity index (χ1n) is 6.96. The fraction of sp³-hybridized carbons (Fsp3) is 0.571. The number of hydrogen-bond donors (Lipinski definition) is 1. The summed E-state index contributed by atoms with van der Waals surface area (Å²) in [4.78, 5) is 13.1. The molecule has 2 rings (SSSR count). The monoisotopic (exact) mass is 279 g/mol. The smallest absolute Gasteiger partial charge is 0.295 e. The van der Waals surface area contributed by atoms with Crippen LogP contribution in [0, 0.1) is 17.0 Å². The fourth-order valence-corrected chi connectivity index (χ4v) is 2.39. The average Bonchev–Trinajstić information content (AvgIpc) is 2.44. The number of nitro groups is 1. The van der Waals surface area contributed by atoms with Crippen molar-refractivity contribution in [2.45, 2.75) is 13.3 Å². The molecule has 1 N–H and O–H groups in total. The van der Waals surface area contributed by atoms with Gasteiger partial charge in [0.25, 0.3) is 5.69 Å². The molecule has 0 bridgehead atoms. The maximum Gasteiger partial charge on any atom is 0.295 e. The zero-order chi connectivity index (χ0) is 14.4. The van der Waals surface area contributed by atoms with E-state index in [2.05, 4.69) is 10.2 Å². The molecular formula is C14H21N3O3. The molecule has 1 saturated heterocycles. The maximum absolute atomic E-state index is 11.1. The number of nitro benzene ring substituents is 1. The highest BCUT2D eigenvalue weighted by Gasteiger charge is 2.16. The van der Waals surface area contributed by atoms with Crippen LogP contribution in [0.25, 0.3) is 0 Å². The minimum Gasteiger partial charge on any atom is -0.379 e. The lowest BCUT2D eigenvalue weighted by Crippen LogP contribution is -2.37. The third kappa shape index (κ3) is 3.91. The van der Waals surface area contributed by atoms with Gasteiger partial charge in [0.15, 0.2) is 0 Å². The van der Waals surface area contributed by atoms with Crippen LogP contribution >= 0.6 is 0 Å². The topological polar surface area (TPSA) is 67.6 Å². The number of ether oxygens (including phenoxy) is 1. The predicted molar refractivity (Wildman–Crippen MR) is 78.2 cm³/mol. The number of anilines is 1. The van der Waals surface area contributed by atoms with E-state index >= 15 is 0 Å². The Morgan fingerprint density at radius 1 is 1.40 bits per heavy atom. The van der Waals surface area contributed by atoms with Gasteiger partial charge in [0.05, 0.1) is 18.1 Å². The SMILES string of the molecule is Cc1cccc(NCCCN2CCOCC2)c1[N+](=O)[O-]. The van der Waals surface area contributed by atoms with Gasteiger partial charge >= 0.3 is 0 Å². The number of benzene rings is 1. The largest absolute Gasteiger partial charge is 0.379 e. The van der Waals surface area contributed by atoms with E-state index in [9.17, 15) is 10.1 Å². The van der Waals surface area contributed by atoms with Crippen LogP contribution in [-0.4, -0.2) is 49.2 Å². The summed E-state index contributed by atoms with van der Waals surface area (Å²) in [5, 5.41) is 14.2. The van der Waals surface area contributed by atoms with Crippen molar-refractivity contribution in [3.8, 4) is 0 Å². The summed E-state index contributed by atoms with van der Waals surface area (Å²) < 4.78 is 5.30. The lowest BCUT2D eigenvalue weighted by atomic mass is 10.1. The van der Waals surface area contributed by atoms with Gasteiger partial charge in [-0.3, -0.25) is 15.0 Å². The summed E-state index contributed by atoms with van der Waals surface area (Å²) >= 11 is 0. The second-order valence-corrected chi connectivity index (χ2v) is 4.96. The Morgan fingerprint density at radius 3 is 2.85 bits per heavy atom. The number of para-hydroxylation sites is 1. The number of hydrogen-bond acceptors (Lipinski definition) is 5. The van der Waals surface area contributed by atoms with Gasteiger partial charge < -0.3 is 10.1 Å². The van der Waals surface area contributed by atoms with E-state index in [-0.39, 0.29) is 10.6 Å². The minimum absolute atomic E-state index is 0.180. The molecule has 1 aromatic rings. The first kappa shape index (κ1) is 14.7. The maximum atomic E-state index is 11.1. The Kier molecular flexibility index (Phi) is 5.31.